The van der Waals surface area contributed by atoms with E-state index in [1.807, 2.05) is 0 Å². The van der Waals surface area contributed by atoms with Crippen LogP contribution < -0.4 is 9.73 Å². The Balaban J connectivity index is 2.11. The summed E-state index contributed by atoms with van der Waals surface area (Å²) in [7, 11) is -3.88. The van der Waals surface area contributed by atoms with Crippen LogP contribution in [-0.2, 0) is 14.8 Å². The van der Waals surface area contributed by atoms with Crippen molar-refractivity contribution in [2.75, 3.05) is 17.1 Å². The van der Waals surface area contributed by atoms with Gasteiger partial charge in [-0.3, -0.25) is 9.10 Å². The van der Waals surface area contributed by atoms with E-state index in [9.17, 15) is 17.6 Å². The average molecular weight is 418 g/mol. The van der Waals surface area contributed by atoms with Crippen molar-refractivity contribution in [1.29, 1.82) is 0 Å². The van der Waals surface area contributed by atoms with Gasteiger partial charge >= 0.3 is 0 Å². The van der Waals surface area contributed by atoms with Gasteiger partial charge in [0.1, 0.15) is 12.4 Å². The highest BCUT2D eigenvalue weighted by Crippen LogP contribution is 2.21. The second kappa shape index (κ2) is 8.48. The summed E-state index contributed by atoms with van der Waals surface area (Å²) in [6.07, 6.45) is 2.16. The number of hydrogen-bond donors (Lipinski definition) is 1. The fourth-order valence-corrected chi connectivity index (χ4v) is 3.30. The van der Waals surface area contributed by atoms with Crippen LogP contribution in [0.15, 0.2) is 47.6 Å². The van der Waals surface area contributed by atoms with Crippen molar-refractivity contribution in [1.82, 2.24) is 5.43 Å². The number of anilines is 1. The van der Waals surface area contributed by atoms with Crippen molar-refractivity contribution in [2.24, 2.45) is 5.10 Å². The van der Waals surface area contributed by atoms with E-state index in [0.717, 1.165) is 12.3 Å². The number of benzene rings is 2. The molecule has 0 heterocycles. The lowest BCUT2D eigenvalue weighted by molar-refractivity contribution is -0.119. The molecule has 0 saturated carbocycles. The standard InChI is InChI=1S/C16H14Cl2FN3O3S/c1-26(24,25)22(15-5-3-2-4-14(15)19)10-16(23)21-20-9-11-6-7-12(17)8-13(11)18/h2-9H,10H2,1H3,(H,21,23)/b20-9-. The van der Waals surface area contributed by atoms with Crippen molar-refractivity contribution < 1.29 is 17.6 Å². The first-order valence-corrected chi connectivity index (χ1v) is 9.78. The molecule has 1 N–H and O–H groups in total. The second-order valence-corrected chi connectivity index (χ2v) is 7.93. The van der Waals surface area contributed by atoms with E-state index in [1.54, 1.807) is 12.1 Å². The summed E-state index contributed by atoms with van der Waals surface area (Å²) in [5.74, 6) is -1.51. The molecule has 0 saturated heterocycles. The number of nitrogens with zero attached hydrogens (tertiary/aromatic N) is 2. The van der Waals surface area contributed by atoms with Crippen LogP contribution in [0.4, 0.5) is 10.1 Å². The van der Waals surface area contributed by atoms with Gasteiger partial charge in [0.15, 0.2) is 0 Å². The van der Waals surface area contributed by atoms with Gasteiger partial charge in [-0.1, -0.05) is 41.4 Å². The van der Waals surface area contributed by atoms with Gasteiger partial charge in [-0.15, -0.1) is 0 Å². The molecule has 0 spiro atoms. The van der Waals surface area contributed by atoms with Crippen molar-refractivity contribution in [2.45, 2.75) is 0 Å². The number of sulfonamides is 1. The highest BCUT2D eigenvalue weighted by atomic mass is 35.5. The average Bonchev–Trinajstić information content (AvgIpc) is 2.54. The maximum Gasteiger partial charge on any atom is 0.260 e. The van der Waals surface area contributed by atoms with E-state index in [1.165, 1.54) is 30.5 Å². The minimum absolute atomic E-state index is 0.227. The largest absolute Gasteiger partial charge is 0.271 e. The zero-order chi connectivity index (χ0) is 19.3. The lowest BCUT2D eigenvalue weighted by atomic mass is 10.2. The summed E-state index contributed by atoms with van der Waals surface area (Å²) < 4.78 is 38.3. The molecule has 6 nitrogen and oxygen atoms in total. The van der Waals surface area contributed by atoms with E-state index in [0.29, 0.717) is 19.9 Å². The quantitative estimate of drug-likeness (QED) is 0.579. The van der Waals surface area contributed by atoms with Gasteiger partial charge in [-0.05, 0) is 24.3 Å². The highest BCUT2D eigenvalue weighted by molar-refractivity contribution is 7.92. The summed E-state index contributed by atoms with van der Waals surface area (Å²) in [6, 6.07) is 9.96. The number of carbonyl (C=O) groups is 1. The van der Waals surface area contributed by atoms with E-state index >= 15 is 0 Å². The van der Waals surface area contributed by atoms with Crippen LogP contribution in [0, 0.1) is 5.82 Å². The molecule has 2 aromatic carbocycles. The second-order valence-electron chi connectivity index (χ2n) is 5.18. The smallest absolute Gasteiger partial charge is 0.260 e. The first-order chi connectivity index (χ1) is 12.2. The molecule has 0 atom stereocenters. The lowest BCUT2D eigenvalue weighted by Crippen LogP contribution is -2.39. The summed E-state index contributed by atoms with van der Waals surface area (Å²) in [5, 5.41) is 4.50. The molecule has 0 fully saturated rings. The summed E-state index contributed by atoms with van der Waals surface area (Å²) in [6.45, 7) is -0.633. The van der Waals surface area contributed by atoms with Gasteiger partial charge in [0.25, 0.3) is 5.91 Å². The molecule has 138 valence electrons. The number of halogens is 3. The molecule has 0 unspecified atom stereocenters. The first-order valence-electron chi connectivity index (χ1n) is 7.17. The van der Waals surface area contributed by atoms with Crippen molar-refractivity contribution >= 4 is 51.0 Å². The first kappa shape index (κ1) is 20.2. The Morgan fingerprint density at radius 3 is 2.58 bits per heavy atom. The van der Waals surface area contributed by atoms with Crippen LogP contribution in [0.5, 0.6) is 0 Å². The zero-order valence-electron chi connectivity index (χ0n) is 13.5. The number of amides is 1. The van der Waals surface area contributed by atoms with Crippen molar-refractivity contribution in [3.63, 3.8) is 0 Å². The molecule has 0 aliphatic carbocycles. The van der Waals surface area contributed by atoms with Crippen molar-refractivity contribution in [3.8, 4) is 0 Å². The summed E-state index contributed by atoms with van der Waals surface area (Å²) in [4.78, 5) is 12.0. The van der Waals surface area contributed by atoms with Crippen molar-refractivity contribution in [3.05, 3.63) is 63.9 Å². The molecule has 0 aliphatic heterocycles. The molecule has 0 radical (unpaired) electrons. The third kappa shape index (κ3) is 5.42. The van der Waals surface area contributed by atoms with Crippen LogP contribution in [-0.4, -0.2) is 33.3 Å². The number of hydrazone groups is 1. The Bertz CT molecular complexity index is 952. The Labute approximate surface area is 160 Å². The number of rotatable bonds is 6. The Kier molecular flexibility index (Phi) is 6.57. The summed E-state index contributed by atoms with van der Waals surface area (Å²) >= 11 is 11.7. The predicted molar refractivity (Wildman–Crippen MR) is 101 cm³/mol. The molecule has 0 aromatic heterocycles. The van der Waals surface area contributed by atoms with Crippen LogP contribution >= 0.6 is 23.2 Å². The van der Waals surface area contributed by atoms with Crippen LogP contribution in [0.1, 0.15) is 5.56 Å². The fourth-order valence-electron chi connectivity index (χ4n) is 1.98. The molecule has 2 aromatic rings. The maximum absolute atomic E-state index is 13.9. The predicted octanol–water partition coefficient (Wildman–Crippen LogP) is 3.05. The van der Waals surface area contributed by atoms with Crippen LogP contribution in [0.3, 0.4) is 0 Å². The number of carbonyl (C=O) groups excluding carboxylic acids is 1. The van der Waals surface area contributed by atoms with Gasteiger partial charge in [0.2, 0.25) is 10.0 Å². The molecule has 0 bridgehead atoms. The van der Waals surface area contributed by atoms with Gasteiger partial charge in [-0.25, -0.2) is 18.2 Å². The molecule has 26 heavy (non-hydrogen) atoms. The van der Waals surface area contributed by atoms with E-state index in [2.05, 4.69) is 10.5 Å². The van der Waals surface area contributed by atoms with E-state index in [-0.39, 0.29) is 5.69 Å². The van der Waals surface area contributed by atoms with Gasteiger partial charge < -0.3 is 0 Å². The molecule has 2 rings (SSSR count). The van der Waals surface area contributed by atoms with E-state index in [4.69, 9.17) is 23.2 Å². The molecule has 10 heteroatoms. The van der Waals surface area contributed by atoms with Crippen LogP contribution in [0.25, 0.3) is 0 Å². The minimum Gasteiger partial charge on any atom is -0.271 e. The minimum atomic E-state index is -3.88. The Morgan fingerprint density at radius 1 is 1.27 bits per heavy atom. The van der Waals surface area contributed by atoms with E-state index < -0.39 is 28.3 Å². The van der Waals surface area contributed by atoms with Gasteiger partial charge in [0, 0.05) is 10.6 Å². The number of para-hydroxylation sites is 1. The highest BCUT2D eigenvalue weighted by Gasteiger charge is 2.23. The Hall–Kier alpha value is -2.16. The fraction of sp³-hybridized carbons (Fsp3) is 0.125. The maximum atomic E-state index is 13.9. The van der Waals surface area contributed by atoms with Crippen LogP contribution in [0.2, 0.25) is 10.0 Å². The molecular formula is C16H14Cl2FN3O3S. The van der Waals surface area contributed by atoms with Gasteiger partial charge in [0.05, 0.1) is 23.2 Å². The normalized spacial score (nSPS) is 11.5. The zero-order valence-corrected chi connectivity index (χ0v) is 15.8. The SMILES string of the molecule is CS(=O)(=O)N(CC(=O)N/N=C\c1ccc(Cl)cc1Cl)c1ccccc1F. The Morgan fingerprint density at radius 2 is 1.96 bits per heavy atom. The molecular weight excluding hydrogens is 404 g/mol. The summed E-state index contributed by atoms with van der Waals surface area (Å²) in [5.41, 5.74) is 2.45. The lowest BCUT2D eigenvalue weighted by Gasteiger charge is -2.21. The van der Waals surface area contributed by atoms with Gasteiger partial charge in [-0.2, -0.15) is 5.10 Å². The third-order valence-corrected chi connectivity index (χ3v) is 4.85. The molecule has 1 amide bonds. The number of nitrogens with one attached hydrogen (secondary N) is 1. The third-order valence-electron chi connectivity index (χ3n) is 3.16. The number of hydrogen-bond acceptors (Lipinski definition) is 4. The molecule has 0 aliphatic rings. The monoisotopic (exact) mass is 417 g/mol. The topological polar surface area (TPSA) is 78.8 Å².